The third kappa shape index (κ3) is 2.53. The quantitative estimate of drug-likeness (QED) is 0.419. The lowest BCUT2D eigenvalue weighted by molar-refractivity contribution is 0.321. The highest BCUT2D eigenvalue weighted by atomic mass is 19.1. The summed E-state index contributed by atoms with van der Waals surface area (Å²) in [4.78, 5) is 0. The fourth-order valence-electron chi connectivity index (χ4n) is 3.23. The van der Waals surface area contributed by atoms with Gasteiger partial charge in [-0.05, 0) is 42.7 Å². The van der Waals surface area contributed by atoms with Crippen molar-refractivity contribution < 1.29 is 17.9 Å². The molecule has 0 aliphatic heterocycles. The summed E-state index contributed by atoms with van der Waals surface area (Å²) >= 11 is 0. The zero-order valence-electron chi connectivity index (χ0n) is 14.6. The van der Waals surface area contributed by atoms with Gasteiger partial charge in [0.05, 0.1) is 6.61 Å². The van der Waals surface area contributed by atoms with E-state index in [9.17, 15) is 4.39 Å². The molecule has 0 unspecified atom stereocenters. The normalized spacial score (nSPS) is 11.4. The van der Waals surface area contributed by atoms with Crippen LogP contribution in [0.25, 0.3) is 33.1 Å². The summed E-state index contributed by atoms with van der Waals surface area (Å²) in [6, 6.07) is 14.5. The molecule has 0 radical (unpaired) electrons. The van der Waals surface area contributed by atoms with Gasteiger partial charge in [0.15, 0.2) is 22.7 Å². The minimum absolute atomic E-state index is 0.0170. The number of furan rings is 1. The van der Waals surface area contributed by atoms with Crippen molar-refractivity contribution in [3.63, 3.8) is 0 Å². The van der Waals surface area contributed by atoms with Crippen molar-refractivity contribution >= 4 is 21.9 Å². The van der Waals surface area contributed by atoms with Gasteiger partial charge in [0.25, 0.3) is 0 Å². The van der Waals surface area contributed by atoms with Crippen molar-refractivity contribution in [2.75, 3.05) is 6.61 Å². The van der Waals surface area contributed by atoms with Crippen molar-refractivity contribution in [1.29, 1.82) is 0 Å². The predicted octanol–water partition coefficient (Wildman–Crippen LogP) is 6.49. The zero-order chi connectivity index (χ0) is 18.3. The SMILES string of the molecule is CCOc1ccc2c(oc3c(F)c(-c4ccc(CC)cc4)ccc32)c1F. The fourth-order valence-corrected chi connectivity index (χ4v) is 3.23. The van der Waals surface area contributed by atoms with E-state index in [0.29, 0.717) is 22.9 Å². The molecule has 0 saturated heterocycles. The average Bonchev–Trinajstić information content (AvgIpc) is 3.05. The summed E-state index contributed by atoms with van der Waals surface area (Å²) in [6.07, 6.45) is 0.923. The van der Waals surface area contributed by atoms with Gasteiger partial charge in [-0.2, -0.15) is 4.39 Å². The van der Waals surface area contributed by atoms with E-state index in [0.717, 1.165) is 12.0 Å². The first-order valence-electron chi connectivity index (χ1n) is 8.69. The molecule has 0 saturated carbocycles. The molecule has 132 valence electrons. The first kappa shape index (κ1) is 16.6. The summed E-state index contributed by atoms with van der Waals surface area (Å²) in [5.74, 6) is -0.982. The van der Waals surface area contributed by atoms with Crippen LogP contribution in [0.3, 0.4) is 0 Å². The highest BCUT2D eigenvalue weighted by Crippen LogP contribution is 2.38. The Hall–Kier alpha value is -2.88. The summed E-state index contributed by atoms with van der Waals surface area (Å²) in [6.45, 7) is 4.19. The van der Waals surface area contributed by atoms with Crippen LogP contribution in [0.4, 0.5) is 8.78 Å². The minimum Gasteiger partial charge on any atom is -0.491 e. The van der Waals surface area contributed by atoms with Crippen molar-refractivity contribution in [2.45, 2.75) is 20.3 Å². The maximum atomic E-state index is 15.1. The van der Waals surface area contributed by atoms with Gasteiger partial charge in [-0.25, -0.2) is 4.39 Å². The molecular weight excluding hydrogens is 334 g/mol. The summed E-state index contributed by atoms with van der Waals surface area (Å²) in [5, 5.41) is 1.08. The average molecular weight is 352 g/mol. The molecule has 0 amide bonds. The Morgan fingerprint density at radius 3 is 2.12 bits per heavy atom. The molecule has 3 aromatic carbocycles. The highest BCUT2D eigenvalue weighted by Gasteiger charge is 2.19. The number of hydrogen-bond acceptors (Lipinski definition) is 2. The van der Waals surface area contributed by atoms with Crippen LogP contribution in [-0.2, 0) is 6.42 Å². The Morgan fingerprint density at radius 1 is 0.808 bits per heavy atom. The molecule has 4 aromatic rings. The van der Waals surface area contributed by atoms with Crippen molar-refractivity contribution in [3.05, 3.63) is 65.7 Å². The van der Waals surface area contributed by atoms with Gasteiger partial charge in [-0.3, -0.25) is 0 Å². The van der Waals surface area contributed by atoms with E-state index in [1.54, 1.807) is 31.2 Å². The number of aryl methyl sites for hydroxylation is 1. The second kappa shape index (κ2) is 6.45. The monoisotopic (exact) mass is 352 g/mol. The molecule has 4 heteroatoms. The molecule has 2 nitrogen and oxygen atoms in total. The topological polar surface area (TPSA) is 22.4 Å². The van der Waals surface area contributed by atoms with E-state index in [1.807, 2.05) is 24.3 Å². The van der Waals surface area contributed by atoms with Gasteiger partial charge >= 0.3 is 0 Å². The van der Waals surface area contributed by atoms with Crippen molar-refractivity contribution in [2.24, 2.45) is 0 Å². The second-order valence-corrected chi connectivity index (χ2v) is 6.14. The number of fused-ring (bicyclic) bond motifs is 3. The van der Waals surface area contributed by atoms with Crippen LogP contribution in [0.1, 0.15) is 19.4 Å². The lowest BCUT2D eigenvalue weighted by Crippen LogP contribution is -1.94. The molecular formula is C22H18F2O2. The first-order valence-corrected chi connectivity index (χ1v) is 8.69. The lowest BCUT2D eigenvalue weighted by Gasteiger charge is -2.05. The Bertz CT molecular complexity index is 1090. The van der Waals surface area contributed by atoms with Crippen LogP contribution in [-0.4, -0.2) is 6.61 Å². The molecule has 0 spiro atoms. The van der Waals surface area contributed by atoms with E-state index in [-0.39, 0.29) is 16.9 Å². The Kier molecular flexibility index (Phi) is 4.11. The summed E-state index contributed by atoms with van der Waals surface area (Å²) < 4.78 is 40.5. The maximum absolute atomic E-state index is 15.1. The van der Waals surface area contributed by atoms with E-state index in [2.05, 4.69) is 6.92 Å². The largest absolute Gasteiger partial charge is 0.491 e. The number of rotatable bonds is 4. The molecule has 0 atom stereocenters. The molecule has 0 aliphatic carbocycles. The molecule has 1 aromatic heterocycles. The fraction of sp³-hybridized carbons (Fsp3) is 0.182. The third-order valence-corrected chi connectivity index (χ3v) is 4.63. The summed E-state index contributed by atoms with van der Waals surface area (Å²) in [5.41, 5.74) is 2.46. The lowest BCUT2D eigenvalue weighted by atomic mass is 10.0. The predicted molar refractivity (Wildman–Crippen MR) is 99.6 cm³/mol. The zero-order valence-corrected chi connectivity index (χ0v) is 14.6. The molecule has 0 aliphatic rings. The summed E-state index contributed by atoms with van der Waals surface area (Å²) in [7, 11) is 0. The number of ether oxygens (including phenoxy) is 1. The van der Waals surface area contributed by atoms with Crippen LogP contribution < -0.4 is 4.74 Å². The first-order chi connectivity index (χ1) is 12.6. The van der Waals surface area contributed by atoms with Crippen molar-refractivity contribution in [1.82, 2.24) is 0 Å². The molecule has 0 fully saturated rings. The van der Waals surface area contributed by atoms with Crippen LogP contribution >= 0.6 is 0 Å². The van der Waals surface area contributed by atoms with Crippen LogP contribution in [0, 0.1) is 11.6 Å². The molecule has 1 heterocycles. The van der Waals surface area contributed by atoms with Gasteiger partial charge in [0.1, 0.15) is 0 Å². The van der Waals surface area contributed by atoms with Gasteiger partial charge in [0.2, 0.25) is 5.82 Å². The molecule has 26 heavy (non-hydrogen) atoms. The van der Waals surface area contributed by atoms with Crippen LogP contribution in [0.5, 0.6) is 5.75 Å². The molecule has 0 N–H and O–H groups in total. The van der Waals surface area contributed by atoms with Crippen molar-refractivity contribution in [3.8, 4) is 16.9 Å². The van der Waals surface area contributed by atoms with Gasteiger partial charge in [0, 0.05) is 16.3 Å². The maximum Gasteiger partial charge on any atom is 0.208 e. The van der Waals surface area contributed by atoms with E-state index in [1.165, 1.54) is 5.56 Å². The van der Waals surface area contributed by atoms with Crippen LogP contribution in [0.2, 0.25) is 0 Å². The Balaban J connectivity index is 1.91. The van der Waals surface area contributed by atoms with Gasteiger partial charge in [-0.1, -0.05) is 37.3 Å². The number of hydrogen-bond donors (Lipinski definition) is 0. The standard InChI is InChI=1S/C22H18F2O2/c1-3-13-5-7-14(8-6-13)15-9-10-16-17-11-12-18(25-4-2)20(24)22(17)26-21(16)19(15)23/h5-12H,3-4H2,1-2H3. The van der Waals surface area contributed by atoms with E-state index >= 15 is 4.39 Å². The third-order valence-electron chi connectivity index (χ3n) is 4.63. The number of halogens is 2. The number of benzene rings is 3. The van der Waals surface area contributed by atoms with Crippen LogP contribution in [0.15, 0.2) is 52.9 Å². The molecule has 0 bridgehead atoms. The van der Waals surface area contributed by atoms with E-state index < -0.39 is 11.6 Å². The Morgan fingerprint density at radius 2 is 1.46 bits per heavy atom. The smallest absolute Gasteiger partial charge is 0.208 e. The highest BCUT2D eigenvalue weighted by molar-refractivity contribution is 6.06. The minimum atomic E-state index is -0.603. The second-order valence-electron chi connectivity index (χ2n) is 6.14. The van der Waals surface area contributed by atoms with Gasteiger partial charge < -0.3 is 9.15 Å². The van der Waals surface area contributed by atoms with E-state index in [4.69, 9.17) is 9.15 Å². The van der Waals surface area contributed by atoms with Gasteiger partial charge in [-0.15, -0.1) is 0 Å². The molecule has 4 rings (SSSR count). The Labute approximate surface area is 150 Å².